The maximum absolute atomic E-state index is 13.4. The summed E-state index contributed by atoms with van der Waals surface area (Å²) in [7, 11) is 0. The number of rotatable bonds is 4. The second kappa shape index (κ2) is 9.02. The number of nitrogens with one attached hydrogen (secondary N) is 1. The van der Waals surface area contributed by atoms with Crippen LogP contribution in [-0.4, -0.2) is 29.8 Å². The number of thiophene rings is 1. The van der Waals surface area contributed by atoms with Crippen LogP contribution in [-0.2, 0) is 0 Å². The third-order valence-electron chi connectivity index (χ3n) is 5.39. The number of benzene rings is 2. The minimum Gasteiger partial charge on any atom is -0.339 e. The molecule has 0 spiro atoms. The number of hydrogen-bond donors (Lipinski definition) is 1. The first-order valence-corrected chi connectivity index (χ1v) is 11.3. The van der Waals surface area contributed by atoms with Crippen molar-refractivity contribution < 1.29 is 9.59 Å². The lowest BCUT2D eigenvalue weighted by atomic mass is 10.0. The van der Waals surface area contributed by atoms with E-state index in [9.17, 15) is 9.59 Å². The van der Waals surface area contributed by atoms with Crippen LogP contribution in [0.3, 0.4) is 0 Å². The maximum atomic E-state index is 13.4. The maximum Gasteiger partial charge on any atom is 0.257 e. The van der Waals surface area contributed by atoms with E-state index >= 15 is 0 Å². The smallest absolute Gasteiger partial charge is 0.257 e. The molecule has 3 aromatic rings. The van der Waals surface area contributed by atoms with Crippen LogP contribution in [0.5, 0.6) is 0 Å². The third-order valence-corrected chi connectivity index (χ3v) is 6.97. The predicted molar refractivity (Wildman–Crippen MR) is 124 cm³/mol. The first kappa shape index (κ1) is 20.6. The molecule has 4 nitrogen and oxygen atoms in total. The van der Waals surface area contributed by atoms with E-state index in [1.54, 1.807) is 24.3 Å². The van der Waals surface area contributed by atoms with Crippen LogP contribution in [0.2, 0.25) is 5.02 Å². The summed E-state index contributed by atoms with van der Waals surface area (Å²) in [4.78, 5) is 29.2. The van der Waals surface area contributed by atoms with E-state index in [-0.39, 0.29) is 11.8 Å². The average molecular weight is 439 g/mol. The van der Waals surface area contributed by atoms with Gasteiger partial charge < -0.3 is 10.2 Å². The molecule has 1 aliphatic heterocycles. The highest BCUT2D eigenvalue weighted by molar-refractivity contribution is 7.20. The topological polar surface area (TPSA) is 49.4 Å². The summed E-state index contributed by atoms with van der Waals surface area (Å²) in [6.07, 6.45) is 3.18. The van der Waals surface area contributed by atoms with Crippen LogP contribution in [0.15, 0.2) is 54.6 Å². The first-order chi connectivity index (χ1) is 14.6. The molecule has 4 rings (SSSR count). The Morgan fingerprint density at radius 1 is 0.967 bits per heavy atom. The van der Waals surface area contributed by atoms with Gasteiger partial charge in [-0.25, -0.2) is 0 Å². The molecule has 0 unspecified atom stereocenters. The predicted octanol–water partition coefficient (Wildman–Crippen LogP) is 6.26. The summed E-state index contributed by atoms with van der Waals surface area (Å²) in [6, 6.07) is 16.9. The van der Waals surface area contributed by atoms with Crippen molar-refractivity contribution >= 4 is 39.8 Å². The SMILES string of the molecule is Cc1c(-c2ccccc2)sc(NC(=O)c2ccccc2Cl)c1C(=O)N1CCCCC1. The minimum absolute atomic E-state index is 0.0138. The Morgan fingerprint density at radius 2 is 1.63 bits per heavy atom. The highest BCUT2D eigenvalue weighted by Gasteiger charge is 2.28. The second-order valence-electron chi connectivity index (χ2n) is 7.41. The van der Waals surface area contributed by atoms with Crippen LogP contribution in [0, 0.1) is 6.92 Å². The van der Waals surface area contributed by atoms with Gasteiger partial charge in [0.2, 0.25) is 0 Å². The Bertz CT molecular complexity index is 1070. The van der Waals surface area contributed by atoms with E-state index in [0.717, 1.165) is 48.4 Å². The lowest BCUT2D eigenvalue weighted by Gasteiger charge is -2.27. The molecule has 2 aromatic carbocycles. The molecule has 1 fully saturated rings. The fourth-order valence-corrected chi connectivity index (χ4v) is 5.22. The van der Waals surface area contributed by atoms with Crippen molar-refractivity contribution in [1.29, 1.82) is 0 Å². The highest BCUT2D eigenvalue weighted by Crippen LogP contribution is 2.41. The summed E-state index contributed by atoms with van der Waals surface area (Å²) < 4.78 is 0. The monoisotopic (exact) mass is 438 g/mol. The Hall–Kier alpha value is -2.63. The zero-order valence-electron chi connectivity index (χ0n) is 16.8. The minimum atomic E-state index is -0.311. The number of halogens is 1. The molecule has 1 saturated heterocycles. The van der Waals surface area contributed by atoms with E-state index < -0.39 is 0 Å². The van der Waals surface area contributed by atoms with Gasteiger partial charge in [0.15, 0.2) is 0 Å². The van der Waals surface area contributed by atoms with Crippen molar-refractivity contribution in [2.75, 3.05) is 18.4 Å². The molecule has 1 N–H and O–H groups in total. The zero-order chi connectivity index (χ0) is 21.1. The van der Waals surface area contributed by atoms with Crippen molar-refractivity contribution in [3.63, 3.8) is 0 Å². The number of piperidine rings is 1. The van der Waals surface area contributed by atoms with Gasteiger partial charge >= 0.3 is 0 Å². The molecule has 0 saturated carbocycles. The van der Waals surface area contributed by atoms with Gasteiger partial charge in [0.05, 0.1) is 16.1 Å². The Balaban J connectivity index is 1.75. The lowest BCUT2D eigenvalue weighted by Crippen LogP contribution is -2.36. The molecule has 6 heteroatoms. The number of anilines is 1. The van der Waals surface area contributed by atoms with Gasteiger partial charge in [-0.05, 0) is 49.4 Å². The Kier molecular flexibility index (Phi) is 6.21. The van der Waals surface area contributed by atoms with Gasteiger partial charge in [-0.15, -0.1) is 11.3 Å². The standard InChI is InChI=1S/C24H23ClN2O2S/c1-16-20(24(29)27-14-8-3-9-15-27)23(30-21(16)17-10-4-2-5-11-17)26-22(28)18-12-6-7-13-19(18)25/h2,4-7,10-13H,3,8-9,14-15H2,1H3,(H,26,28). The highest BCUT2D eigenvalue weighted by atomic mass is 35.5. The molecule has 30 heavy (non-hydrogen) atoms. The van der Waals surface area contributed by atoms with Crippen LogP contribution >= 0.6 is 22.9 Å². The van der Waals surface area contributed by atoms with Gasteiger partial charge in [0.25, 0.3) is 11.8 Å². The summed E-state index contributed by atoms with van der Waals surface area (Å²) >= 11 is 7.65. The number of nitrogens with zero attached hydrogens (tertiary/aromatic N) is 1. The first-order valence-electron chi connectivity index (χ1n) is 10.1. The summed E-state index contributed by atoms with van der Waals surface area (Å²) in [5.74, 6) is -0.325. The third kappa shape index (κ3) is 4.13. The number of amides is 2. The van der Waals surface area contributed by atoms with Gasteiger partial charge in [-0.1, -0.05) is 54.1 Å². The Morgan fingerprint density at radius 3 is 2.33 bits per heavy atom. The summed E-state index contributed by atoms with van der Waals surface area (Å²) in [5.41, 5.74) is 2.91. The number of hydrogen-bond acceptors (Lipinski definition) is 3. The van der Waals surface area contributed by atoms with E-state index in [1.807, 2.05) is 42.2 Å². The molecular formula is C24H23ClN2O2S. The van der Waals surface area contributed by atoms with Crippen molar-refractivity contribution in [2.45, 2.75) is 26.2 Å². The Labute approximate surface area is 185 Å². The van der Waals surface area contributed by atoms with E-state index in [1.165, 1.54) is 11.3 Å². The fraction of sp³-hybridized carbons (Fsp3) is 0.250. The molecule has 0 bridgehead atoms. The molecular weight excluding hydrogens is 416 g/mol. The van der Waals surface area contributed by atoms with Crippen molar-refractivity contribution in [3.05, 3.63) is 76.3 Å². The molecule has 0 atom stereocenters. The van der Waals surface area contributed by atoms with Gasteiger partial charge in [-0.3, -0.25) is 9.59 Å². The molecule has 2 heterocycles. The molecule has 0 radical (unpaired) electrons. The van der Waals surface area contributed by atoms with Crippen LogP contribution in [0.25, 0.3) is 10.4 Å². The van der Waals surface area contributed by atoms with Crippen LogP contribution in [0.1, 0.15) is 45.5 Å². The van der Waals surface area contributed by atoms with Crippen molar-refractivity contribution in [1.82, 2.24) is 4.90 Å². The lowest BCUT2D eigenvalue weighted by molar-refractivity contribution is 0.0725. The van der Waals surface area contributed by atoms with Crippen molar-refractivity contribution in [2.24, 2.45) is 0 Å². The van der Waals surface area contributed by atoms with E-state index in [2.05, 4.69) is 5.32 Å². The van der Waals surface area contributed by atoms with Crippen LogP contribution in [0.4, 0.5) is 5.00 Å². The molecule has 154 valence electrons. The normalized spacial score (nSPS) is 13.9. The largest absolute Gasteiger partial charge is 0.339 e. The van der Waals surface area contributed by atoms with E-state index in [0.29, 0.717) is 21.2 Å². The quantitative estimate of drug-likeness (QED) is 0.523. The molecule has 1 aromatic heterocycles. The number of likely N-dealkylation sites (tertiary alicyclic amines) is 1. The molecule has 2 amide bonds. The second-order valence-corrected chi connectivity index (χ2v) is 8.84. The summed E-state index contributed by atoms with van der Waals surface area (Å²) in [5, 5.41) is 3.93. The van der Waals surface area contributed by atoms with Crippen LogP contribution < -0.4 is 5.32 Å². The van der Waals surface area contributed by atoms with Gasteiger partial charge in [0, 0.05) is 18.0 Å². The van der Waals surface area contributed by atoms with E-state index in [4.69, 9.17) is 11.6 Å². The van der Waals surface area contributed by atoms with Gasteiger partial charge in [-0.2, -0.15) is 0 Å². The number of carbonyl (C=O) groups excluding carboxylic acids is 2. The summed E-state index contributed by atoms with van der Waals surface area (Å²) in [6.45, 7) is 3.47. The fourth-order valence-electron chi connectivity index (χ4n) is 3.79. The molecule has 1 aliphatic rings. The average Bonchev–Trinajstić information content (AvgIpc) is 3.10. The van der Waals surface area contributed by atoms with Crippen molar-refractivity contribution in [3.8, 4) is 10.4 Å². The molecule has 0 aliphatic carbocycles. The van der Waals surface area contributed by atoms with Gasteiger partial charge in [0.1, 0.15) is 5.00 Å². The zero-order valence-corrected chi connectivity index (χ0v) is 18.4. The number of carbonyl (C=O) groups is 2.